The van der Waals surface area contributed by atoms with E-state index in [1.165, 1.54) is 5.56 Å². The van der Waals surface area contributed by atoms with Gasteiger partial charge in [-0.1, -0.05) is 52.2 Å². The summed E-state index contributed by atoms with van der Waals surface area (Å²) in [4.78, 5) is 38.4. The fraction of sp³-hybridized carbons (Fsp3) is 0.609. The third kappa shape index (κ3) is 4.98. The van der Waals surface area contributed by atoms with Crippen molar-refractivity contribution < 1.29 is 19.1 Å². The monoisotopic (exact) mass is 400 g/mol. The zero-order chi connectivity index (χ0) is 21.1. The Morgan fingerprint density at radius 2 is 1.76 bits per heavy atom. The summed E-state index contributed by atoms with van der Waals surface area (Å²) in [6.07, 6.45) is 4.85. The molecule has 1 heterocycles. The van der Waals surface area contributed by atoms with Crippen molar-refractivity contribution >= 4 is 17.7 Å². The average Bonchev–Trinajstić information content (AvgIpc) is 2.89. The molecule has 1 saturated carbocycles. The molecule has 1 aliphatic heterocycles. The van der Waals surface area contributed by atoms with E-state index < -0.39 is 5.41 Å². The van der Waals surface area contributed by atoms with Gasteiger partial charge in [0.1, 0.15) is 18.9 Å². The van der Waals surface area contributed by atoms with Crippen molar-refractivity contribution in [1.29, 1.82) is 0 Å². The summed E-state index contributed by atoms with van der Waals surface area (Å²) in [5, 5.41) is 2.74. The van der Waals surface area contributed by atoms with Gasteiger partial charge >= 0.3 is 0 Å². The van der Waals surface area contributed by atoms with Crippen molar-refractivity contribution in [3.05, 3.63) is 29.8 Å². The summed E-state index contributed by atoms with van der Waals surface area (Å²) in [6, 6.07) is 7.93. The lowest BCUT2D eigenvalue weighted by Gasteiger charge is -2.30. The van der Waals surface area contributed by atoms with E-state index in [4.69, 9.17) is 4.74 Å². The molecule has 158 valence electrons. The van der Waals surface area contributed by atoms with Gasteiger partial charge in [0.05, 0.1) is 12.0 Å². The number of carbonyl (C=O) groups excluding carboxylic acids is 3. The Balaban J connectivity index is 1.42. The number of imide groups is 1. The van der Waals surface area contributed by atoms with Crippen LogP contribution in [0.2, 0.25) is 0 Å². The Morgan fingerprint density at radius 1 is 1.10 bits per heavy atom. The predicted molar refractivity (Wildman–Crippen MR) is 111 cm³/mol. The maximum atomic E-state index is 12.7. The van der Waals surface area contributed by atoms with Gasteiger partial charge in [-0.15, -0.1) is 0 Å². The minimum absolute atomic E-state index is 0.0904. The number of nitrogens with one attached hydrogen (secondary N) is 1. The third-order valence-electron chi connectivity index (χ3n) is 6.02. The molecule has 0 aromatic heterocycles. The van der Waals surface area contributed by atoms with Crippen LogP contribution < -0.4 is 10.1 Å². The normalized spacial score (nSPS) is 18.9. The van der Waals surface area contributed by atoms with Crippen molar-refractivity contribution in [1.82, 2.24) is 10.2 Å². The Bertz CT molecular complexity index is 758. The van der Waals surface area contributed by atoms with Gasteiger partial charge in [-0.3, -0.25) is 19.3 Å². The summed E-state index contributed by atoms with van der Waals surface area (Å²) >= 11 is 0. The van der Waals surface area contributed by atoms with Crippen LogP contribution in [0, 0.1) is 5.41 Å². The van der Waals surface area contributed by atoms with E-state index in [1.54, 1.807) is 0 Å². The van der Waals surface area contributed by atoms with Gasteiger partial charge in [0.15, 0.2) is 0 Å². The zero-order valence-corrected chi connectivity index (χ0v) is 17.8. The molecule has 1 aromatic rings. The zero-order valence-electron chi connectivity index (χ0n) is 17.8. The second-order valence-electron chi connectivity index (χ2n) is 9.28. The summed E-state index contributed by atoms with van der Waals surface area (Å²) in [7, 11) is 0. The summed E-state index contributed by atoms with van der Waals surface area (Å²) in [6.45, 7) is 6.92. The van der Waals surface area contributed by atoms with E-state index in [0.717, 1.165) is 42.8 Å². The lowest BCUT2D eigenvalue weighted by atomic mass is 9.73. The second-order valence-corrected chi connectivity index (χ2v) is 9.28. The summed E-state index contributed by atoms with van der Waals surface area (Å²) < 4.78 is 5.66. The minimum Gasteiger partial charge on any atom is -0.492 e. The summed E-state index contributed by atoms with van der Waals surface area (Å²) in [5.74, 6) is 0.0393. The van der Waals surface area contributed by atoms with Crippen LogP contribution in [0.4, 0.5) is 0 Å². The Kier molecular flexibility index (Phi) is 6.30. The minimum atomic E-state index is -0.544. The van der Waals surface area contributed by atoms with Crippen LogP contribution in [-0.4, -0.2) is 42.3 Å². The average molecular weight is 401 g/mol. The molecule has 2 fully saturated rings. The lowest BCUT2D eigenvalue weighted by Crippen LogP contribution is -2.43. The van der Waals surface area contributed by atoms with Crippen molar-refractivity contribution in [3.63, 3.8) is 0 Å². The molecule has 6 nitrogen and oxygen atoms in total. The summed E-state index contributed by atoms with van der Waals surface area (Å²) in [5.41, 5.74) is 0.777. The van der Waals surface area contributed by atoms with Crippen LogP contribution in [0.3, 0.4) is 0 Å². The molecule has 0 bridgehead atoms. The van der Waals surface area contributed by atoms with Gasteiger partial charge < -0.3 is 10.1 Å². The number of nitrogens with zero attached hydrogens (tertiary/aromatic N) is 1. The smallest absolute Gasteiger partial charge is 0.240 e. The number of hydrogen-bond donors (Lipinski definition) is 1. The molecule has 3 rings (SSSR count). The van der Waals surface area contributed by atoms with E-state index in [2.05, 4.69) is 26.1 Å². The maximum absolute atomic E-state index is 12.7. The standard InChI is InChI=1S/C23H32N2O4/c1-22(2,3)17-7-9-18(10-8-17)29-14-13-24-19(26)16-25-20(27)15-23(21(25)28)11-5-4-6-12-23/h7-10H,4-6,11-16H2,1-3H3,(H,24,26). The van der Waals surface area contributed by atoms with E-state index in [9.17, 15) is 14.4 Å². The van der Waals surface area contributed by atoms with Gasteiger partial charge in [0.2, 0.25) is 17.7 Å². The first-order valence-corrected chi connectivity index (χ1v) is 10.6. The lowest BCUT2D eigenvalue weighted by molar-refractivity contribution is -0.145. The molecule has 1 saturated heterocycles. The largest absolute Gasteiger partial charge is 0.492 e. The van der Waals surface area contributed by atoms with Crippen LogP contribution in [0.15, 0.2) is 24.3 Å². The number of rotatable bonds is 6. The molecule has 1 spiro atoms. The molecule has 29 heavy (non-hydrogen) atoms. The number of carbonyl (C=O) groups is 3. The molecule has 0 radical (unpaired) electrons. The van der Waals surface area contributed by atoms with E-state index in [1.807, 2.05) is 24.3 Å². The van der Waals surface area contributed by atoms with Crippen molar-refractivity contribution in [2.75, 3.05) is 19.7 Å². The maximum Gasteiger partial charge on any atom is 0.240 e. The Morgan fingerprint density at radius 3 is 2.38 bits per heavy atom. The van der Waals surface area contributed by atoms with E-state index in [-0.39, 0.29) is 36.1 Å². The first-order chi connectivity index (χ1) is 13.7. The molecular formula is C23H32N2O4. The predicted octanol–water partition coefficient (Wildman–Crippen LogP) is 3.19. The molecule has 1 N–H and O–H groups in total. The molecule has 3 amide bonds. The fourth-order valence-electron chi connectivity index (χ4n) is 4.25. The van der Waals surface area contributed by atoms with Gasteiger partial charge in [0, 0.05) is 6.42 Å². The van der Waals surface area contributed by atoms with Crippen molar-refractivity contribution in [3.8, 4) is 5.75 Å². The van der Waals surface area contributed by atoms with Gasteiger partial charge in [-0.2, -0.15) is 0 Å². The molecule has 0 atom stereocenters. The van der Waals surface area contributed by atoms with Gasteiger partial charge in [0.25, 0.3) is 0 Å². The van der Waals surface area contributed by atoms with Crippen LogP contribution in [0.25, 0.3) is 0 Å². The highest BCUT2D eigenvalue weighted by Crippen LogP contribution is 2.45. The molecule has 2 aliphatic rings. The molecule has 0 unspecified atom stereocenters. The first kappa shape index (κ1) is 21.3. The van der Waals surface area contributed by atoms with Crippen molar-refractivity contribution in [2.24, 2.45) is 5.41 Å². The van der Waals surface area contributed by atoms with E-state index in [0.29, 0.717) is 13.2 Å². The number of amides is 3. The van der Waals surface area contributed by atoms with Gasteiger partial charge in [-0.25, -0.2) is 0 Å². The molecule has 1 aromatic carbocycles. The molecule has 6 heteroatoms. The van der Waals surface area contributed by atoms with Crippen LogP contribution >= 0.6 is 0 Å². The van der Waals surface area contributed by atoms with Crippen LogP contribution in [0.1, 0.15) is 64.9 Å². The first-order valence-electron chi connectivity index (χ1n) is 10.6. The second kappa shape index (κ2) is 8.56. The van der Waals surface area contributed by atoms with Crippen LogP contribution in [0.5, 0.6) is 5.75 Å². The highest BCUT2D eigenvalue weighted by molar-refractivity contribution is 6.08. The number of hydrogen-bond acceptors (Lipinski definition) is 4. The third-order valence-corrected chi connectivity index (χ3v) is 6.02. The topological polar surface area (TPSA) is 75.7 Å². The quantitative estimate of drug-likeness (QED) is 0.588. The van der Waals surface area contributed by atoms with Gasteiger partial charge in [-0.05, 0) is 36.0 Å². The molecule has 1 aliphatic carbocycles. The number of ether oxygens (including phenoxy) is 1. The number of likely N-dealkylation sites (tertiary alicyclic amines) is 1. The SMILES string of the molecule is CC(C)(C)c1ccc(OCCNC(=O)CN2C(=O)CC3(CCCCC3)C2=O)cc1. The van der Waals surface area contributed by atoms with Crippen molar-refractivity contribution in [2.45, 2.75) is 64.7 Å². The van der Waals surface area contributed by atoms with Crippen LogP contribution in [-0.2, 0) is 19.8 Å². The Labute approximate surface area is 173 Å². The number of benzene rings is 1. The highest BCUT2D eigenvalue weighted by atomic mass is 16.5. The Hall–Kier alpha value is -2.37. The fourth-order valence-corrected chi connectivity index (χ4v) is 4.25. The van der Waals surface area contributed by atoms with E-state index >= 15 is 0 Å². The molecular weight excluding hydrogens is 368 g/mol. The highest BCUT2D eigenvalue weighted by Gasteiger charge is 2.51.